The van der Waals surface area contributed by atoms with Crippen LogP contribution in [0, 0.1) is 5.92 Å². The van der Waals surface area contributed by atoms with Gasteiger partial charge in [0.2, 0.25) is 0 Å². The van der Waals surface area contributed by atoms with Crippen LogP contribution in [0.15, 0.2) is 30.6 Å². The van der Waals surface area contributed by atoms with Crippen molar-refractivity contribution in [3.8, 4) is 0 Å². The van der Waals surface area contributed by atoms with E-state index in [0.717, 1.165) is 47.8 Å². The lowest BCUT2D eigenvalue weighted by molar-refractivity contribution is 0.131. The Morgan fingerprint density at radius 3 is 2.95 bits per heavy atom. The van der Waals surface area contributed by atoms with E-state index in [0.29, 0.717) is 0 Å². The number of aromatic nitrogens is 1. The van der Waals surface area contributed by atoms with E-state index in [-0.39, 0.29) is 0 Å². The van der Waals surface area contributed by atoms with Gasteiger partial charge in [-0.3, -0.25) is 4.98 Å². The molecule has 20 heavy (non-hydrogen) atoms. The standard InChI is InChI=1S/C16H21N3O/c1-19(8-9-20-11-12-2-3-12)16-5-4-15(17)13-6-7-18-10-14(13)16/h4-7,10,12H,2-3,8-9,11,17H2,1H3. The van der Waals surface area contributed by atoms with Crippen LogP contribution in [0.25, 0.3) is 10.8 Å². The summed E-state index contributed by atoms with van der Waals surface area (Å²) in [5.41, 5.74) is 7.96. The molecule has 1 heterocycles. The lowest BCUT2D eigenvalue weighted by Gasteiger charge is -2.21. The third-order valence-corrected chi connectivity index (χ3v) is 3.86. The molecule has 0 aliphatic heterocycles. The van der Waals surface area contributed by atoms with Crippen molar-refractivity contribution >= 4 is 22.1 Å². The van der Waals surface area contributed by atoms with E-state index in [4.69, 9.17) is 10.5 Å². The van der Waals surface area contributed by atoms with Crippen molar-refractivity contribution < 1.29 is 4.74 Å². The Morgan fingerprint density at radius 1 is 1.30 bits per heavy atom. The molecule has 1 fully saturated rings. The van der Waals surface area contributed by atoms with E-state index < -0.39 is 0 Å². The highest BCUT2D eigenvalue weighted by Gasteiger charge is 2.21. The number of hydrogen-bond donors (Lipinski definition) is 1. The molecule has 0 atom stereocenters. The van der Waals surface area contributed by atoms with E-state index in [1.54, 1.807) is 6.20 Å². The minimum atomic E-state index is 0.763. The van der Waals surface area contributed by atoms with Gasteiger partial charge >= 0.3 is 0 Å². The van der Waals surface area contributed by atoms with Crippen LogP contribution in [-0.2, 0) is 4.74 Å². The molecule has 106 valence electrons. The fraction of sp³-hybridized carbons (Fsp3) is 0.438. The van der Waals surface area contributed by atoms with Crippen molar-refractivity contribution in [3.05, 3.63) is 30.6 Å². The number of nitrogen functional groups attached to an aromatic ring is 1. The number of rotatable bonds is 6. The van der Waals surface area contributed by atoms with Crippen LogP contribution < -0.4 is 10.6 Å². The molecule has 2 N–H and O–H groups in total. The number of ether oxygens (including phenoxy) is 1. The molecule has 1 aliphatic rings. The Morgan fingerprint density at radius 2 is 2.15 bits per heavy atom. The number of nitrogens with two attached hydrogens (primary N) is 1. The molecule has 4 nitrogen and oxygen atoms in total. The second kappa shape index (κ2) is 5.67. The SMILES string of the molecule is CN(CCOCC1CC1)c1ccc(N)c2ccncc12. The first-order valence-electron chi connectivity index (χ1n) is 7.17. The first kappa shape index (κ1) is 13.2. The zero-order chi connectivity index (χ0) is 13.9. The summed E-state index contributed by atoms with van der Waals surface area (Å²) in [5, 5.41) is 2.15. The van der Waals surface area contributed by atoms with Gasteiger partial charge < -0.3 is 15.4 Å². The minimum Gasteiger partial charge on any atom is -0.398 e. The molecule has 0 amide bonds. The fourth-order valence-corrected chi connectivity index (χ4v) is 2.39. The van der Waals surface area contributed by atoms with Gasteiger partial charge in [-0.25, -0.2) is 0 Å². The van der Waals surface area contributed by atoms with Gasteiger partial charge in [0, 0.05) is 54.7 Å². The Bertz CT molecular complexity index is 595. The second-order valence-corrected chi connectivity index (χ2v) is 5.54. The molecule has 1 aromatic carbocycles. The first-order valence-corrected chi connectivity index (χ1v) is 7.17. The van der Waals surface area contributed by atoms with Gasteiger partial charge in [0.25, 0.3) is 0 Å². The molecule has 0 saturated heterocycles. The first-order chi connectivity index (χ1) is 9.75. The number of nitrogens with zero attached hydrogens (tertiary/aromatic N) is 2. The molecular weight excluding hydrogens is 250 g/mol. The zero-order valence-corrected chi connectivity index (χ0v) is 11.9. The Hall–Kier alpha value is -1.81. The molecule has 1 aliphatic carbocycles. The van der Waals surface area contributed by atoms with Crippen LogP contribution in [0.3, 0.4) is 0 Å². The van der Waals surface area contributed by atoms with Gasteiger partial charge in [-0.15, -0.1) is 0 Å². The summed E-state index contributed by atoms with van der Waals surface area (Å²) in [7, 11) is 2.08. The Balaban J connectivity index is 1.70. The van der Waals surface area contributed by atoms with Crippen LogP contribution in [0.5, 0.6) is 0 Å². The molecular formula is C16H21N3O. The minimum absolute atomic E-state index is 0.763. The summed E-state index contributed by atoms with van der Waals surface area (Å²) in [5.74, 6) is 0.821. The molecule has 1 aromatic heterocycles. The zero-order valence-electron chi connectivity index (χ0n) is 11.9. The molecule has 1 saturated carbocycles. The number of fused-ring (bicyclic) bond motifs is 1. The molecule has 2 aromatic rings. The van der Waals surface area contributed by atoms with Crippen molar-refractivity contribution in [2.24, 2.45) is 5.92 Å². The third kappa shape index (κ3) is 2.85. The van der Waals surface area contributed by atoms with E-state index >= 15 is 0 Å². The van der Waals surface area contributed by atoms with Crippen molar-refractivity contribution in [1.29, 1.82) is 0 Å². The van der Waals surface area contributed by atoms with Crippen molar-refractivity contribution in [2.75, 3.05) is 37.4 Å². The van der Waals surface area contributed by atoms with E-state index in [1.807, 2.05) is 18.3 Å². The van der Waals surface area contributed by atoms with E-state index in [1.165, 1.54) is 12.8 Å². The molecule has 4 heteroatoms. The summed E-state index contributed by atoms with van der Waals surface area (Å²) >= 11 is 0. The molecule has 0 radical (unpaired) electrons. The predicted molar refractivity (Wildman–Crippen MR) is 83.0 cm³/mol. The molecule has 0 unspecified atom stereocenters. The summed E-state index contributed by atoms with van der Waals surface area (Å²) in [4.78, 5) is 6.42. The number of anilines is 2. The largest absolute Gasteiger partial charge is 0.398 e. The van der Waals surface area contributed by atoms with Gasteiger partial charge in [-0.1, -0.05) is 0 Å². The Labute approximate surface area is 119 Å². The topological polar surface area (TPSA) is 51.4 Å². The second-order valence-electron chi connectivity index (χ2n) is 5.54. The van der Waals surface area contributed by atoms with Crippen LogP contribution in [0.4, 0.5) is 11.4 Å². The van der Waals surface area contributed by atoms with Crippen molar-refractivity contribution in [2.45, 2.75) is 12.8 Å². The number of pyridine rings is 1. The maximum Gasteiger partial charge on any atom is 0.0641 e. The summed E-state index contributed by atoms with van der Waals surface area (Å²) in [6, 6.07) is 5.98. The van der Waals surface area contributed by atoms with Gasteiger partial charge in [0.1, 0.15) is 0 Å². The quantitative estimate of drug-likeness (QED) is 0.648. The van der Waals surface area contributed by atoms with Crippen LogP contribution in [-0.4, -0.2) is 31.8 Å². The summed E-state index contributed by atoms with van der Waals surface area (Å²) < 4.78 is 5.70. The predicted octanol–water partition coefficient (Wildman–Crippen LogP) is 2.68. The highest BCUT2D eigenvalue weighted by Crippen LogP contribution is 2.30. The molecule has 3 rings (SSSR count). The van der Waals surface area contributed by atoms with Crippen LogP contribution in [0.1, 0.15) is 12.8 Å². The van der Waals surface area contributed by atoms with E-state index in [2.05, 4.69) is 23.0 Å². The fourth-order valence-electron chi connectivity index (χ4n) is 2.39. The van der Waals surface area contributed by atoms with Gasteiger partial charge in [0.15, 0.2) is 0 Å². The lowest BCUT2D eigenvalue weighted by atomic mass is 10.1. The van der Waals surface area contributed by atoms with E-state index in [9.17, 15) is 0 Å². The maximum absolute atomic E-state index is 6.02. The summed E-state index contributed by atoms with van der Waals surface area (Å²) in [6.45, 7) is 2.55. The molecule has 0 spiro atoms. The lowest BCUT2D eigenvalue weighted by Crippen LogP contribution is -2.23. The Kier molecular flexibility index (Phi) is 3.74. The van der Waals surface area contributed by atoms with Gasteiger partial charge in [-0.2, -0.15) is 0 Å². The third-order valence-electron chi connectivity index (χ3n) is 3.86. The normalized spacial score (nSPS) is 14.7. The monoisotopic (exact) mass is 271 g/mol. The molecule has 0 bridgehead atoms. The summed E-state index contributed by atoms with van der Waals surface area (Å²) in [6.07, 6.45) is 6.33. The average molecular weight is 271 g/mol. The maximum atomic E-state index is 6.02. The highest BCUT2D eigenvalue weighted by molar-refractivity contribution is 6.00. The smallest absolute Gasteiger partial charge is 0.0641 e. The number of benzene rings is 1. The van der Waals surface area contributed by atoms with Crippen LogP contribution >= 0.6 is 0 Å². The van der Waals surface area contributed by atoms with Crippen molar-refractivity contribution in [3.63, 3.8) is 0 Å². The average Bonchev–Trinajstić information content (AvgIpc) is 3.28. The van der Waals surface area contributed by atoms with Crippen LogP contribution in [0.2, 0.25) is 0 Å². The van der Waals surface area contributed by atoms with Gasteiger partial charge in [0.05, 0.1) is 6.61 Å². The number of hydrogen-bond acceptors (Lipinski definition) is 4. The number of likely N-dealkylation sites (N-methyl/N-ethyl adjacent to an activating group) is 1. The van der Waals surface area contributed by atoms with Gasteiger partial charge in [-0.05, 0) is 37.0 Å². The highest BCUT2D eigenvalue weighted by atomic mass is 16.5. The van der Waals surface area contributed by atoms with Crippen molar-refractivity contribution in [1.82, 2.24) is 4.98 Å².